The van der Waals surface area contributed by atoms with Gasteiger partial charge in [-0.1, -0.05) is 84.0 Å². The zero-order chi connectivity index (χ0) is 21.1. The van der Waals surface area contributed by atoms with Crippen LogP contribution in [0.1, 0.15) is 113 Å². The molecule has 0 fully saturated rings. The van der Waals surface area contributed by atoms with Gasteiger partial charge in [0.2, 0.25) is 5.79 Å². The summed E-state index contributed by atoms with van der Waals surface area (Å²) in [5.74, 6) is -2.73. The molecule has 0 aliphatic carbocycles. The number of unbranched alkanes of at least 4 members (excludes halogenated alkanes) is 12. The normalized spacial score (nSPS) is 18.5. The number of carbonyl (C=O) groups excluding carboxylic acids is 1. The van der Waals surface area contributed by atoms with Crippen molar-refractivity contribution in [1.82, 2.24) is 0 Å². The molecule has 1 atom stereocenters. The first-order chi connectivity index (χ1) is 13.9. The van der Waals surface area contributed by atoms with Crippen LogP contribution in [0, 0.1) is 0 Å². The van der Waals surface area contributed by atoms with Crippen molar-refractivity contribution < 1.29 is 24.9 Å². The molecule has 5 nitrogen and oxygen atoms in total. The van der Waals surface area contributed by atoms with Gasteiger partial charge in [-0.3, -0.25) is 0 Å². The predicted molar refractivity (Wildman–Crippen MR) is 114 cm³/mol. The molecule has 164 valence electrons. The summed E-state index contributed by atoms with van der Waals surface area (Å²) in [6.07, 6.45) is 16.6. The number of cyclic esters (lactones) is 1. The summed E-state index contributed by atoms with van der Waals surface area (Å²) in [6, 6.07) is 2.52. The number of carbonyl (C=O) groups is 1. The summed E-state index contributed by atoms with van der Waals surface area (Å²) in [6.45, 7) is 2.25. The number of hydrogen-bond acceptors (Lipinski definition) is 5. The molecule has 1 aromatic rings. The molecule has 0 unspecified atom stereocenters. The highest BCUT2D eigenvalue weighted by Crippen LogP contribution is 2.37. The van der Waals surface area contributed by atoms with Crippen molar-refractivity contribution in [3.63, 3.8) is 0 Å². The Morgan fingerprint density at radius 2 is 1.38 bits per heavy atom. The Labute approximate surface area is 175 Å². The van der Waals surface area contributed by atoms with E-state index in [4.69, 9.17) is 4.74 Å². The second-order valence-corrected chi connectivity index (χ2v) is 8.50. The molecule has 0 aromatic heterocycles. The third kappa shape index (κ3) is 7.88. The molecule has 29 heavy (non-hydrogen) atoms. The van der Waals surface area contributed by atoms with E-state index in [1.807, 2.05) is 0 Å². The number of esters is 1. The number of hydrogen-bond donors (Lipinski definition) is 3. The minimum Gasteiger partial charge on any atom is -0.508 e. The highest BCUT2D eigenvalue weighted by Gasteiger charge is 2.39. The first kappa shape index (κ1) is 23.5. The minimum atomic E-state index is -1.55. The predicted octanol–water partition coefficient (Wildman–Crippen LogP) is 5.98. The highest BCUT2D eigenvalue weighted by molar-refractivity contribution is 5.95. The van der Waals surface area contributed by atoms with Crippen LogP contribution in [0.15, 0.2) is 12.1 Å². The van der Waals surface area contributed by atoms with Gasteiger partial charge in [-0.05, 0) is 18.1 Å². The molecule has 1 aliphatic rings. The van der Waals surface area contributed by atoms with Crippen LogP contribution in [0.2, 0.25) is 0 Å². The number of aromatic hydroxyl groups is 2. The van der Waals surface area contributed by atoms with E-state index in [9.17, 15) is 20.1 Å². The molecule has 0 bridgehead atoms. The van der Waals surface area contributed by atoms with Crippen molar-refractivity contribution >= 4 is 5.97 Å². The lowest BCUT2D eigenvalue weighted by molar-refractivity contribution is -0.174. The molecule has 5 heteroatoms. The smallest absolute Gasteiger partial charge is 0.344 e. The fourth-order valence-electron chi connectivity index (χ4n) is 4.16. The van der Waals surface area contributed by atoms with Gasteiger partial charge in [0, 0.05) is 18.9 Å². The van der Waals surface area contributed by atoms with E-state index in [1.54, 1.807) is 0 Å². The monoisotopic (exact) mass is 406 g/mol. The number of benzene rings is 1. The van der Waals surface area contributed by atoms with E-state index in [0.29, 0.717) is 12.0 Å². The second-order valence-electron chi connectivity index (χ2n) is 8.50. The van der Waals surface area contributed by atoms with Crippen LogP contribution in [-0.2, 0) is 11.2 Å². The lowest BCUT2D eigenvalue weighted by atomic mass is 9.92. The largest absolute Gasteiger partial charge is 0.508 e. The number of phenols is 2. The zero-order valence-electron chi connectivity index (χ0n) is 17.9. The Bertz CT molecular complexity index is 642. The fourth-order valence-corrected chi connectivity index (χ4v) is 4.16. The van der Waals surface area contributed by atoms with Crippen LogP contribution >= 0.6 is 0 Å². The molecule has 1 aliphatic heterocycles. The van der Waals surface area contributed by atoms with Gasteiger partial charge in [0.15, 0.2) is 0 Å². The molecule has 3 N–H and O–H groups in total. The van der Waals surface area contributed by atoms with Gasteiger partial charge in [-0.2, -0.15) is 0 Å². The van der Waals surface area contributed by atoms with Gasteiger partial charge in [0.1, 0.15) is 17.1 Å². The Kier molecular flexibility index (Phi) is 9.79. The number of aliphatic hydroxyl groups is 1. The van der Waals surface area contributed by atoms with Crippen LogP contribution in [0.3, 0.4) is 0 Å². The van der Waals surface area contributed by atoms with Gasteiger partial charge in [-0.15, -0.1) is 0 Å². The lowest BCUT2D eigenvalue weighted by Crippen LogP contribution is -2.41. The Morgan fingerprint density at radius 1 is 0.862 bits per heavy atom. The maximum atomic E-state index is 12.1. The Hall–Kier alpha value is -1.75. The van der Waals surface area contributed by atoms with Gasteiger partial charge in [-0.25, -0.2) is 4.79 Å². The zero-order valence-corrected chi connectivity index (χ0v) is 17.9. The fraction of sp³-hybridized carbons (Fsp3) is 0.708. The van der Waals surface area contributed by atoms with Crippen molar-refractivity contribution in [2.24, 2.45) is 0 Å². The van der Waals surface area contributed by atoms with Crippen molar-refractivity contribution in [2.45, 2.75) is 109 Å². The van der Waals surface area contributed by atoms with Gasteiger partial charge >= 0.3 is 5.97 Å². The molecule has 0 spiro atoms. The van der Waals surface area contributed by atoms with E-state index < -0.39 is 11.8 Å². The third-order valence-electron chi connectivity index (χ3n) is 5.81. The van der Waals surface area contributed by atoms with E-state index in [-0.39, 0.29) is 23.5 Å². The average molecular weight is 407 g/mol. The average Bonchev–Trinajstić information content (AvgIpc) is 2.64. The molecular weight excluding hydrogens is 368 g/mol. The van der Waals surface area contributed by atoms with Gasteiger partial charge in [0.25, 0.3) is 0 Å². The lowest BCUT2D eigenvalue weighted by Gasteiger charge is -2.33. The minimum absolute atomic E-state index is 0.0397. The maximum absolute atomic E-state index is 12.1. The quantitative estimate of drug-likeness (QED) is 0.261. The van der Waals surface area contributed by atoms with E-state index in [2.05, 4.69) is 6.92 Å². The molecule has 0 saturated heterocycles. The molecule has 1 aromatic carbocycles. The molecule has 0 amide bonds. The summed E-state index contributed by atoms with van der Waals surface area (Å²) in [5.41, 5.74) is 0.466. The van der Waals surface area contributed by atoms with Gasteiger partial charge < -0.3 is 20.1 Å². The molecule has 0 saturated carbocycles. The van der Waals surface area contributed by atoms with Crippen LogP contribution < -0.4 is 0 Å². The van der Waals surface area contributed by atoms with E-state index in [0.717, 1.165) is 25.3 Å². The van der Waals surface area contributed by atoms with Crippen LogP contribution in [0.4, 0.5) is 0 Å². The summed E-state index contributed by atoms with van der Waals surface area (Å²) < 4.78 is 5.20. The molecular formula is C24H38O5. The van der Waals surface area contributed by atoms with Crippen molar-refractivity contribution in [1.29, 1.82) is 0 Å². The number of phenolic OH excluding ortho intramolecular Hbond substituents is 2. The van der Waals surface area contributed by atoms with E-state index >= 15 is 0 Å². The van der Waals surface area contributed by atoms with E-state index in [1.165, 1.54) is 70.3 Å². The number of fused-ring (bicyclic) bond motifs is 1. The molecule has 0 radical (unpaired) electrons. The standard InChI is InChI=1S/C24H38O5/c1-2-3-4-5-6-7-8-9-10-11-12-13-14-15-24(28)18-19-16-20(25)17-21(26)22(19)23(27)29-24/h16-17,25-26,28H,2-15,18H2,1H3/t24-/m0/s1. The van der Waals surface area contributed by atoms with Crippen LogP contribution in [-0.4, -0.2) is 27.1 Å². The maximum Gasteiger partial charge on any atom is 0.344 e. The Morgan fingerprint density at radius 3 is 1.93 bits per heavy atom. The highest BCUT2D eigenvalue weighted by atomic mass is 16.7. The Balaban J connectivity index is 1.57. The van der Waals surface area contributed by atoms with Crippen LogP contribution in [0.25, 0.3) is 0 Å². The first-order valence-corrected chi connectivity index (χ1v) is 11.5. The van der Waals surface area contributed by atoms with Crippen LogP contribution in [0.5, 0.6) is 11.5 Å². The number of ether oxygens (including phenoxy) is 1. The van der Waals surface area contributed by atoms with Crippen molar-refractivity contribution in [3.8, 4) is 11.5 Å². The summed E-state index contributed by atoms with van der Waals surface area (Å²) in [4.78, 5) is 12.1. The topological polar surface area (TPSA) is 87.0 Å². The van der Waals surface area contributed by atoms with Crippen molar-refractivity contribution in [3.05, 3.63) is 23.3 Å². The summed E-state index contributed by atoms with van der Waals surface area (Å²) in [5, 5.41) is 30.1. The SMILES string of the molecule is CCCCCCCCCCCCCCC[C@@]1(O)Cc2cc(O)cc(O)c2C(=O)O1. The first-order valence-electron chi connectivity index (χ1n) is 11.5. The number of rotatable bonds is 14. The molecule has 1 heterocycles. The van der Waals surface area contributed by atoms with Gasteiger partial charge in [0.05, 0.1) is 0 Å². The summed E-state index contributed by atoms with van der Waals surface area (Å²) in [7, 11) is 0. The second kappa shape index (κ2) is 12.1. The molecule has 2 rings (SSSR count). The third-order valence-corrected chi connectivity index (χ3v) is 5.81. The van der Waals surface area contributed by atoms with Crippen molar-refractivity contribution in [2.75, 3.05) is 0 Å². The summed E-state index contributed by atoms with van der Waals surface area (Å²) >= 11 is 0.